The Labute approximate surface area is 173 Å². The third-order valence-electron chi connectivity index (χ3n) is 4.59. The second kappa shape index (κ2) is 11.0. The van der Waals surface area contributed by atoms with Crippen LogP contribution in [-0.4, -0.2) is 25.9 Å². The van der Waals surface area contributed by atoms with Crippen molar-refractivity contribution >= 4 is 5.69 Å². The van der Waals surface area contributed by atoms with Gasteiger partial charge in [0.1, 0.15) is 36.6 Å². The summed E-state index contributed by atoms with van der Waals surface area (Å²) in [5.41, 5.74) is 2.20. The summed E-state index contributed by atoms with van der Waals surface area (Å²) in [6.45, 7) is 5.97. The van der Waals surface area contributed by atoms with E-state index >= 15 is 0 Å². The van der Waals surface area contributed by atoms with Crippen LogP contribution in [0.4, 0.5) is 5.69 Å². The Morgan fingerprint density at radius 1 is 0.759 bits per heavy atom. The molecule has 0 aliphatic carbocycles. The van der Waals surface area contributed by atoms with Crippen LogP contribution in [0.25, 0.3) is 0 Å². The molecule has 0 fully saturated rings. The Morgan fingerprint density at radius 2 is 1.38 bits per heavy atom. The van der Waals surface area contributed by atoms with Crippen LogP contribution in [0.15, 0.2) is 78.9 Å². The molecule has 0 amide bonds. The van der Waals surface area contributed by atoms with Crippen molar-refractivity contribution in [2.24, 2.45) is 0 Å². The van der Waals surface area contributed by atoms with Crippen molar-refractivity contribution in [3.63, 3.8) is 0 Å². The van der Waals surface area contributed by atoms with E-state index in [2.05, 4.69) is 25.2 Å². The van der Waals surface area contributed by atoms with Gasteiger partial charge in [0.15, 0.2) is 0 Å². The van der Waals surface area contributed by atoms with Gasteiger partial charge in [-0.1, -0.05) is 43.3 Å². The molecule has 4 heteroatoms. The standard InChI is InChI=1S/C25H29NO3/c1-3-22(29-25-12-8-7-9-20(25)2)19-26-21-13-15-24(16-14-21)28-18-17-27-23-10-5-4-6-11-23/h4-16,22,26H,3,17-19H2,1-2H3. The smallest absolute Gasteiger partial charge is 0.122 e. The van der Waals surface area contributed by atoms with E-state index in [0.29, 0.717) is 13.2 Å². The lowest BCUT2D eigenvalue weighted by atomic mass is 10.2. The highest BCUT2D eigenvalue weighted by Gasteiger charge is 2.09. The number of hydrogen-bond acceptors (Lipinski definition) is 4. The molecule has 0 aromatic heterocycles. The number of anilines is 1. The maximum atomic E-state index is 6.14. The maximum absolute atomic E-state index is 6.14. The summed E-state index contributed by atoms with van der Waals surface area (Å²) in [5.74, 6) is 2.63. The highest BCUT2D eigenvalue weighted by atomic mass is 16.5. The van der Waals surface area contributed by atoms with Crippen molar-refractivity contribution in [2.45, 2.75) is 26.4 Å². The highest BCUT2D eigenvalue weighted by Crippen LogP contribution is 2.20. The van der Waals surface area contributed by atoms with Crippen molar-refractivity contribution in [3.8, 4) is 17.2 Å². The first-order chi connectivity index (χ1) is 14.2. The number of hydrogen-bond donors (Lipinski definition) is 1. The van der Waals surface area contributed by atoms with Crippen LogP contribution in [0.2, 0.25) is 0 Å². The number of rotatable bonds is 11. The number of aryl methyl sites for hydroxylation is 1. The maximum Gasteiger partial charge on any atom is 0.122 e. The first-order valence-electron chi connectivity index (χ1n) is 10.1. The molecule has 0 radical (unpaired) electrons. The fourth-order valence-corrected chi connectivity index (χ4v) is 2.87. The van der Waals surface area contributed by atoms with Crippen molar-refractivity contribution in [1.29, 1.82) is 0 Å². The van der Waals surface area contributed by atoms with E-state index in [1.54, 1.807) is 0 Å². The quantitative estimate of drug-likeness (QED) is 0.424. The van der Waals surface area contributed by atoms with Crippen LogP contribution < -0.4 is 19.5 Å². The summed E-state index contributed by atoms with van der Waals surface area (Å²) in [7, 11) is 0. The average molecular weight is 392 g/mol. The Bertz CT molecular complexity index is 849. The van der Waals surface area contributed by atoms with Gasteiger partial charge in [-0.2, -0.15) is 0 Å². The molecular formula is C25H29NO3. The molecule has 0 bridgehead atoms. The van der Waals surface area contributed by atoms with Crippen molar-refractivity contribution < 1.29 is 14.2 Å². The monoisotopic (exact) mass is 391 g/mol. The minimum atomic E-state index is 0.113. The van der Waals surface area contributed by atoms with Crippen LogP contribution in [0, 0.1) is 6.92 Å². The van der Waals surface area contributed by atoms with Gasteiger partial charge in [-0.3, -0.25) is 0 Å². The second-order valence-electron chi connectivity index (χ2n) is 6.83. The zero-order valence-electron chi connectivity index (χ0n) is 17.1. The highest BCUT2D eigenvalue weighted by molar-refractivity contribution is 5.46. The molecule has 0 spiro atoms. The zero-order valence-corrected chi connectivity index (χ0v) is 17.1. The van der Waals surface area contributed by atoms with Gasteiger partial charge in [-0.25, -0.2) is 0 Å². The molecule has 29 heavy (non-hydrogen) atoms. The van der Waals surface area contributed by atoms with E-state index in [-0.39, 0.29) is 6.10 Å². The Hall–Kier alpha value is -3.14. The average Bonchev–Trinajstić information content (AvgIpc) is 2.77. The molecule has 3 aromatic rings. The van der Waals surface area contributed by atoms with E-state index in [1.807, 2.05) is 72.8 Å². The largest absolute Gasteiger partial charge is 0.490 e. The second-order valence-corrected chi connectivity index (χ2v) is 6.83. The van der Waals surface area contributed by atoms with Crippen LogP contribution in [0.3, 0.4) is 0 Å². The topological polar surface area (TPSA) is 39.7 Å². The third-order valence-corrected chi connectivity index (χ3v) is 4.59. The molecule has 3 rings (SSSR count). The van der Waals surface area contributed by atoms with E-state index < -0.39 is 0 Å². The van der Waals surface area contributed by atoms with Gasteiger partial charge in [0.2, 0.25) is 0 Å². The molecule has 1 unspecified atom stereocenters. The van der Waals surface area contributed by atoms with Crippen LogP contribution in [0.1, 0.15) is 18.9 Å². The summed E-state index contributed by atoms with van der Waals surface area (Å²) in [6, 6.07) is 25.9. The molecule has 3 aromatic carbocycles. The SMILES string of the molecule is CCC(CNc1ccc(OCCOc2ccccc2)cc1)Oc1ccccc1C. The van der Waals surface area contributed by atoms with Gasteiger partial charge in [0.25, 0.3) is 0 Å². The number of ether oxygens (including phenoxy) is 3. The fourth-order valence-electron chi connectivity index (χ4n) is 2.87. The molecule has 1 atom stereocenters. The van der Waals surface area contributed by atoms with E-state index in [9.17, 15) is 0 Å². The predicted octanol–water partition coefficient (Wildman–Crippen LogP) is 5.72. The lowest BCUT2D eigenvalue weighted by Gasteiger charge is -2.20. The predicted molar refractivity (Wildman–Crippen MR) is 118 cm³/mol. The summed E-state index contributed by atoms with van der Waals surface area (Å²) in [4.78, 5) is 0. The molecule has 4 nitrogen and oxygen atoms in total. The van der Waals surface area contributed by atoms with Crippen LogP contribution in [-0.2, 0) is 0 Å². The first-order valence-corrected chi connectivity index (χ1v) is 10.1. The van der Waals surface area contributed by atoms with Crippen molar-refractivity contribution in [3.05, 3.63) is 84.4 Å². The van der Waals surface area contributed by atoms with Gasteiger partial charge >= 0.3 is 0 Å². The molecule has 0 saturated carbocycles. The first kappa shape index (κ1) is 20.6. The molecule has 0 heterocycles. The van der Waals surface area contributed by atoms with Gasteiger partial charge in [-0.15, -0.1) is 0 Å². The molecule has 0 aliphatic rings. The Morgan fingerprint density at radius 3 is 2.03 bits per heavy atom. The van der Waals surface area contributed by atoms with Crippen LogP contribution >= 0.6 is 0 Å². The lowest BCUT2D eigenvalue weighted by Crippen LogP contribution is -2.25. The van der Waals surface area contributed by atoms with E-state index in [0.717, 1.165) is 41.5 Å². The Balaban J connectivity index is 1.40. The Kier molecular flexibility index (Phi) is 7.81. The van der Waals surface area contributed by atoms with Crippen LogP contribution in [0.5, 0.6) is 17.2 Å². The third kappa shape index (κ3) is 6.75. The molecular weight excluding hydrogens is 362 g/mol. The molecule has 1 N–H and O–H groups in total. The summed E-state index contributed by atoms with van der Waals surface area (Å²) in [5, 5.41) is 3.45. The normalized spacial score (nSPS) is 11.5. The van der Waals surface area contributed by atoms with Gasteiger partial charge in [-0.05, 0) is 61.4 Å². The fraction of sp³-hybridized carbons (Fsp3) is 0.280. The van der Waals surface area contributed by atoms with E-state index in [4.69, 9.17) is 14.2 Å². The molecule has 0 saturated heterocycles. The van der Waals surface area contributed by atoms with Crippen molar-refractivity contribution in [1.82, 2.24) is 0 Å². The van der Waals surface area contributed by atoms with Crippen molar-refractivity contribution in [2.75, 3.05) is 25.1 Å². The van der Waals surface area contributed by atoms with E-state index in [1.165, 1.54) is 0 Å². The number of benzene rings is 3. The molecule has 152 valence electrons. The zero-order chi connectivity index (χ0) is 20.3. The summed E-state index contributed by atoms with van der Waals surface area (Å²) in [6.07, 6.45) is 1.05. The number of nitrogens with one attached hydrogen (secondary N) is 1. The minimum Gasteiger partial charge on any atom is -0.490 e. The minimum absolute atomic E-state index is 0.113. The van der Waals surface area contributed by atoms with Gasteiger partial charge in [0, 0.05) is 5.69 Å². The number of para-hydroxylation sites is 2. The van der Waals surface area contributed by atoms with Gasteiger partial charge in [0.05, 0.1) is 6.54 Å². The van der Waals surface area contributed by atoms with Gasteiger partial charge < -0.3 is 19.5 Å². The summed E-state index contributed by atoms with van der Waals surface area (Å²) >= 11 is 0. The summed E-state index contributed by atoms with van der Waals surface area (Å²) < 4.78 is 17.5. The molecule has 0 aliphatic heterocycles. The lowest BCUT2D eigenvalue weighted by molar-refractivity contribution is 0.208.